The van der Waals surface area contributed by atoms with Crippen molar-refractivity contribution in [3.63, 3.8) is 0 Å². The predicted octanol–water partition coefficient (Wildman–Crippen LogP) is 0.732. The van der Waals surface area contributed by atoms with E-state index in [0.29, 0.717) is 10.6 Å². The molecule has 1 aromatic carbocycles. The predicted molar refractivity (Wildman–Crippen MR) is 75.5 cm³/mol. The molecule has 2 atom stereocenters. The van der Waals surface area contributed by atoms with Crippen molar-refractivity contribution >= 4 is 39.1 Å². The molecule has 0 bridgehead atoms. The zero-order chi connectivity index (χ0) is 14.8. The number of carbonyl (C=O) groups is 1. The first-order chi connectivity index (χ1) is 9.35. The van der Waals surface area contributed by atoms with Gasteiger partial charge in [0.1, 0.15) is 11.5 Å². The van der Waals surface area contributed by atoms with Gasteiger partial charge in [0.15, 0.2) is 0 Å². The molecule has 1 amide bonds. The minimum atomic E-state index is -3.68. The first kappa shape index (κ1) is 15.5. The van der Waals surface area contributed by atoms with Crippen LogP contribution in [0, 0.1) is 0 Å². The van der Waals surface area contributed by atoms with Gasteiger partial charge in [-0.2, -0.15) is 10.9 Å². The van der Waals surface area contributed by atoms with Crippen LogP contribution in [0.4, 0.5) is 0 Å². The highest BCUT2D eigenvalue weighted by Gasteiger charge is 2.32. The summed E-state index contributed by atoms with van der Waals surface area (Å²) in [7, 11) is -3.68. The van der Waals surface area contributed by atoms with Gasteiger partial charge in [-0.25, -0.2) is 13.1 Å². The van der Waals surface area contributed by atoms with Crippen molar-refractivity contribution in [3.05, 3.63) is 34.9 Å². The summed E-state index contributed by atoms with van der Waals surface area (Å²) in [5, 5.41) is 0.450. The highest BCUT2D eigenvalue weighted by molar-refractivity contribution is 7.88. The Balaban J connectivity index is 2.05. The molecular formula is C11H12Cl2N3O3S. The Morgan fingerprint density at radius 1 is 1.45 bits per heavy atom. The lowest BCUT2D eigenvalue weighted by Gasteiger charge is -2.24. The number of carbonyl (C=O) groups excluding carboxylic acids is 1. The van der Waals surface area contributed by atoms with Crippen LogP contribution in [-0.2, 0) is 20.6 Å². The third-order valence-electron chi connectivity index (χ3n) is 2.62. The van der Waals surface area contributed by atoms with Crippen LogP contribution < -0.4 is 15.6 Å². The molecule has 1 aliphatic rings. The van der Waals surface area contributed by atoms with Gasteiger partial charge in [0.2, 0.25) is 10.0 Å². The molecule has 20 heavy (non-hydrogen) atoms. The smallest absolute Gasteiger partial charge is 0.270 e. The normalized spacial score (nSPS) is 23.4. The van der Waals surface area contributed by atoms with Gasteiger partial charge in [0, 0.05) is 11.4 Å². The number of benzene rings is 1. The van der Waals surface area contributed by atoms with Crippen LogP contribution in [-0.4, -0.2) is 25.9 Å². The van der Waals surface area contributed by atoms with E-state index in [1.165, 1.54) is 0 Å². The quantitative estimate of drug-likeness (QED) is 0.626. The van der Waals surface area contributed by atoms with Crippen LogP contribution in [0.15, 0.2) is 24.3 Å². The Labute approximate surface area is 126 Å². The van der Waals surface area contributed by atoms with Gasteiger partial charge in [-0.05, 0) is 17.7 Å². The Morgan fingerprint density at radius 3 is 2.90 bits per heavy atom. The van der Waals surface area contributed by atoms with Gasteiger partial charge in [0.25, 0.3) is 5.91 Å². The summed E-state index contributed by atoms with van der Waals surface area (Å²) in [6.45, 7) is 0. The molecule has 0 aromatic heterocycles. The largest absolute Gasteiger partial charge is 0.275 e. The van der Waals surface area contributed by atoms with Crippen molar-refractivity contribution in [2.24, 2.45) is 0 Å². The van der Waals surface area contributed by atoms with E-state index in [0.717, 1.165) is 0 Å². The molecule has 109 valence electrons. The van der Waals surface area contributed by atoms with Crippen LogP contribution in [0.5, 0.6) is 0 Å². The first-order valence-electron chi connectivity index (χ1n) is 5.74. The fraction of sp³-hybridized carbons (Fsp3) is 0.364. The van der Waals surface area contributed by atoms with Crippen LogP contribution in [0.25, 0.3) is 0 Å². The third-order valence-corrected chi connectivity index (χ3v) is 4.49. The molecule has 0 aliphatic carbocycles. The Hall–Kier alpha value is -0.860. The summed E-state index contributed by atoms with van der Waals surface area (Å²) >= 11 is 11.6. The van der Waals surface area contributed by atoms with Gasteiger partial charge in [-0.15, -0.1) is 11.6 Å². The number of rotatable bonds is 4. The van der Waals surface area contributed by atoms with Crippen molar-refractivity contribution in [2.45, 2.75) is 23.7 Å². The second-order valence-electron chi connectivity index (χ2n) is 4.34. The average molecular weight is 337 g/mol. The summed E-state index contributed by atoms with van der Waals surface area (Å²) in [4.78, 5) is 11.5. The van der Waals surface area contributed by atoms with Crippen LogP contribution in [0.3, 0.4) is 0 Å². The maximum atomic E-state index is 12.0. The van der Waals surface area contributed by atoms with Crippen LogP contribution in [0.2, 0.25) is 5.02 Å². The molecule has 2 rings (SSSR count). The number of nitrogens with one attached hydrogen (secondary N) is 2. The summed E-state index contributed by atoms with van der Waals surface area (Å²) < 4.78 is 26.3. The molecule has 6 nitrogen and oxygen atoms in total. The number of nitrogens with zero attached hydrogens (tertiary/aromatic N) is 1. The Bertz CT molecular complexity index is 609. The topological polar surface area (TPSA) is 89.4 Å². The minimum Gasteiger partial charge on any atom is -0.270 e. The van der Waals surface area contributed by atoms with Gasteiger partial charge in [0.05, 0.1) is 5.75 Å². The van der Waals surface area contributed by atoms with E-state index in [1.54, 1.807) is 24.3 Å². The van der Waals surface area contributed by atoms with E-state index in [2.05, 4.69) is 15.6 Å². The van der Waals surface area contributed by atoms with E-state index >= 15 is 0 Å². The third kappa shape index (κ3) is 4.32. The van der Waals surface area contributed by atoms with E-state index in [9.17, 15) is 13.2 Å². The lowest BCUT2D eigenvalue weighted by atomic mass is 10.2. The first-order valence-corrected chi connectivity index (χ1v) is 8.21. The SMILES string of the molecule is O=C1[N]NC(Cl)CC1NS(=O)(=O)Cc1cccc(Cl)c1. The van der Waals surface area contributed by atoms with Crippen LogP contribution in [0.1, 0.15) is 12.0 Å². The molecule has 1 heterocycles. The average Bonchev–Trinajstić information content (AvgIpc) is 2.33. The Morgan fingerprint density at radius 2 is 2.20 bits per heavy atom. The standard InChI is InChI=1S/C11H12Cl2N3O3S/c12-8-3-1-2-7(4-8)6-20(18,19)16-9-5-10(13)14-15-11(9)17/h1-4,9-10,14,16H,5-6H2. The summed E-state index contributed by atoms with van der Waals surface area (Å²) in [5.41, 5.74) is 5.78. The highest BCUT2D eigenvalue weighted by atomic mass is 35.5. The summed E-state index contributed by atoms with van der Waals surface area (Å²) in [5.74, 6) is -0.853. The molecule has 1 aliphatic heterocycles. The van der Waals surface area contributed by atoms with Gasteiger partial charge in [-0.3, -0.25) is 4.79 Å². The molecule has 1 fully saturated rings. The monoisotopic (exact) mass is 336 g/mol. The summed E-state index contributed by atoms with van der Waals surface area (Å²) in [6.07, 6.45) is 0.138. The number of alkyl halides is 1. The lowest BCUT2D eigenvalue weighted by Crippen LogP contribution is -2.55. The van der Waals surface area contributed by atoms with E-state index < -0.39 is 27.5 Å². The van der Waals surface area contributed by atoms with Crippen LogP contribution >= 0.6 is 23.2 Å². The van der Waals surface area contributed by atoms with Crippen molar-refractivity contribution < 1.29 is 13.2 Å². The van der Waals surface area contributed by atoms with E-state index in [-0.39, 0.29) is 12.2 Å². The second-order valence-corrected chi connectivity index (χ2v) is 7.06. The molecule has 2 unspecified atom stereocenters. The maximum absolute atomic E-state index is 12.0. The number of hydrogen-bond acceptors (Lipinski definition) is 4. The van der Waals surface area contributed by atoms with Gasteiger partial charge in [-0.1, -0.05) is 23.7 Å². The molecule has 0 spiro atoms. The zero-order valence-corrected chi connectivity index (χ0v) is 12.5. The molecule has 9 heteroatoms. The number of hydrogen-bond donors (Lipinski definition) is 2. The van der Waals surface area contributed by atoms with Gasteiger partial charge >= 0.3 is 0 Å². The van der Waals surface area contributed by atoms with Gasteiger partial charge < -0.3 is 0 Å². The highest BCUT2D eigenvalue weighted by Crippen LogP contribution is 2.14. The zero-order valence-electron chi connectivity index (χ0n) is 10.2. The number of amides is 1. The molecular weight excluding hydrogens is 325 g/mol. The van der Waals surface area contributed by atoms with Crippen molar-refractivity contribution in [2.75, 3.05) is 0 Å². The number of halogens is 2. The fourth-order valence-electron chi connectivity index (χ4n) is 1.78. The molecule has 1 aromatic rings. The van der Waals surface area contributed by atoms with E-state index in [1.807, 2.05) is 0 Å². The lowest BCUT2D eigenvalue weighted by molar-refractivity contribution is -0.125. The fourth-order valence-corrected chi connectivity index (χ4v) is 3.55. The van der Waals surface area contributed by atoms with Crippen molar-refractivity contribution in [1.82, 2.24) is 15.6 Å². The Kier molecular flexibility index (Phi) is 4.87. The van der Waals surface area contributed by atoms with Crippen molar-refractivity contribution in [3.8, 4) is 0 Å². The van der Waals surface area contributed by atoms with E-state index in [4.69, 9.17) is 23.2 Å². The second kappa shape index (κ2) is 6.28. The molecule has 1 saturated heterocycles. The molecule has 2 N–H and O–H groups in total. The molecule has 0 saturated carbocycles. The molecule has 1 radical (unpaired) electrons. The van der Waals surface area contributed by atoms with Crippen molar-refractivity contribution in [1.29, 1.82) is 0 Å². The minimum absolute atomic E-state index is 0.138. The summed E-state index contributed by atoms with van der Waals surface area (Å²) in [6, 6.07) is 5.57. The maximum Gasteiger partial charge on any atom is 0.275 e. The number of sulfonamides is 1.